The number of halogens is 3. The number of benzene rings is 2. The van der Waals surface area contributed by atoms with Crippen LogP contribution in [-0.4, -0.2) is 53.2 Å². The molecule has 1 amide bonds. The number of aliphatic hydroxyl groups is 1. The van der Waals surface area contributed by atoms with Crippen molar-refractivity contribution in [3.8, 4) is 17.0 Å². The fourth-order valence-electron chi connectivity index (χ4n) is 3.66. The Morgan fingerprint density at radius 3 is 2.29 bits per heavy atom. The second-order valence-electron chi connectivity index (χ2n) is 8.07. The Balaban J connectivity index is 1.25. The first-order valence-corrected chi connectivity index (χ1v) is 10.8. The molecule has 0 atom stereocenters. The van der Waals surface area contributed by atoms with Crippen LogP contribution in [0.15, 0.2) is 66.9 Å². The van der Waals surface area contributed by atoms with Crippen LogP contribution in [0.3, 0.4) is 0 Å². The second kappa shape index (κ2) is 10.2. The Labute approximate surface area is 195 Å². The molecule has 0 unspecified atom stereocenters. The molecule has 1 saturated heterocycles. The fourth-order valence-corrected chi connectivity index (χ4v) is 3.66. The van der Waals surface area contributed by atoms with Crippen LogP contribution in [-0.2, 0) is 12.7 Å². The predicted molar refractivity (Wildman–Crippen MR) is 120 cm³/mol. The molecule has 2 aromatic carbocycles. The molecule has 9 heteroatoms. The first-order valence-electron chi connectivity index (χ1n) is 10.8. The van der Waals surface area contributed by atoms with Gasteiger partial charge in [-0.05, 0) is 41.5 Å². The van der Waals surface area contributed by atoms with Crippen LogP contribution < -0.4 is 10.1 Å². The Morgan fingerprint density at radius 1 is 1.03 bits per heavy atom. The van der Waals surface area contributed by atoms with Crippen molar-refractivity contribution < 1.29 is 27.8 Å². The van der Waals surface area contributed by atoms with Gasteiger partial charge < -0.3 is 15.2 Å². The molecule has 1 fully saturated rings. The van der Waals surface area contributed by atoms with Crippen LogP contribution in [0.2, 0.25) is 0 Å². The van der Waals surface area contributed by atoms with Crippen molar-refractivity contribution in [2.45, 2.75) is 18.8 Å². The maximum Gasteiger partial charge on any atom is 0.416 e. The monoisotopic (exact) mass is 471 g/mol. The van der Waals surface area contributed by atoms with E-state index in [1.54, 1.807) is 24.4 Å². The number of pyridine rings is 1. The minimum Gasteiger partial charge on any atom is -0.472 e. The van der Waals surface area contributed by atoms with E-state index in [0.29, 0.717) is 31.1 Å². The zero-order chi connectivity index (χ0) is 24.1. The largest absolute Gasteiger partial charge is 0.472 e. The van der Waals surface area contributed by atoms with Crippen LogP contribution in [0.1, 0.15) is 21.5 Å². The number of alkyl halides is 3. The molecular formula is C25H24F3N3O3. The third kappa shape index (κ3) is 5.92. The molecule has 34 heavy (non-hydrogen) atoms. The SMILES string of the molecule is O=C(NCCO)c1ccc(-c2ccc(OC3CN(Cc4ccc(C(F)(F)F)cc4)C3)nc2)cc1. The van der Waals surface area contributed by atoms with Crippen molar-refractivity contribution in [2.75, 3.05) is 26.2 Å². The van der Waals surface area contributed by atoms with Gasteiger partial charge in [-0.25, -0.2) is 4.98 Å². The highest BCUT2D eigenvalue weighted by molar-refractivity contribution is 5.94. The van der Waals surface area contributed by atoms with Crippen molar-refractivity contribution in [3.05, 3.63) is 83.6 Å². The lowest BCUT2D eigenvalue weighted by atomic mass is 10.1. The maximum atomic E-state index is 12.7. The van der Waals surface area contributed by atoms with Gasteiger partial charge in [0.2, 0.25) is 5.88 Å². The summed E-state index contributed by atoms with van der Waals surface area (Å²) >= 11 is 0. The smallest absolute Gasteiger partial charge is 0.416 e. The third-order valence-corrected chi connectivity index (χ3v) is 5.51. The lowest BCUT2D eigenvalue weighted by Crippen LogP contribution is -2.53. The summed E-state index contributed by atoms with van der Waals surface area (Å²) in [5, 5.41) is 11.4. The van der Waals surface area contributed by atoms with Gasteiger partial charge in [0.1, 0.15) is 6.10 Å². The zero-order valence-corrected chi connectivity index (χ0v) is 18.3. The molecule has 0 spiro atoms. The van der Waals surface area contributed by atoms with Crippen LogP contribution in [0.4, 0.5) is 13.2 Å². The molecular weight excluding hydrogens is 447 g/mol. The van der Waals surface area contributed by atoms with E-state index in [0.717, 1.165) is 28.8 Å². The van der Waals surface area contributed by atoms with Crippen molar-refractivity contribution in [1.82, 2.24) is 15.2 Å². The van der Waals surface area contributed by atoms with E-state index in [1.807, 2.05) is 18.2 Å². The van der Waals surface area contributed by atoms with Crippen molar-refractivity contribution in [3.63, 3.8) is 0 Å². The van der Waals surface area contributed by atoms with Gasteiger partial charge in [0.25, 0.3) is 5.91 Å². The number of aromatic nitrogens is 1. The summed E-state index contributed by atoms with van der Waals surface area (Å²) in [6.07, 6.45) is -2.64. The molecule has 2 N–H and O–H groups in total. The van der Waals surface area contributed by atoms with Gasteiger partial charge in [-0.15, -0.1) is 0 Å². The van der Waals surface area contributed by atoms with E-state index in [1.165, 1.54) is 12.1 Å². The standard InChI is InChI=1S/C25H24F3N3O3/c26-25(27,28)21-8-1-17(2-9-21)14-31-15-22(16-31)34-23-10-7-20(13-30-23)18-3-5-19(6-4-18)24(33)29-11-12-32/h1-10,13,22,32H,11-12,14-16H2,(H,29,33). The quantitative estimate of drug-likeness (QED) is 0.524. The lowest BCUT2D eigenvalue weighted by Gasteiger charge is -2.38. The van der Waals surface area contributed by atoms with Gasteiger partial charge in [0.05, 0.1) is 12.2 Å². The molecule has 0 bridgehead atoms. The molecule has 1 aliphatic heterocycles. The summed E-state index contributed by atoms with van der Waals surface area (Å²) in [4.78, 5) is 18.4. The van der Waals surface area contributed by atoms with Gasteiger partial charge >= 0.3 is 6.18 Å². The molecule has 2 heterocycles. The minimum absolute atomic E-state index is 0.0236. The van der Waals surface area contributed by atoms with Gasteiger partial charge in [0, 0.05) is 49.6 Å². The average molecular weight is 471 g/mol. The van der Waals surface area contributed by atoms with E-state index >= 15 is 0 Å². The van der Waals surface area contributed by atoms with Crippen LogP contribution in [0, 0.1) is 0 Å². The number of hydrogen-bond acceptors (Lipinski definition) is 5. The average Bonchev–Trinajstić information content (AvgIpc) is 2.81. The zero-order valence-electron chi connectivity index (χ0n) is 18.3. The Bertz CT molecular complexity index is 1100. The van der Waals surface area contributed by atoms with Crippen LogP contribution >= 0.6 is 0 Å². The number of amides is 1. The maximum absolute atomic E-state index is 12.7. The summed E-state index contributed by atoms with van der Waals surface area (Å²) in [7, 11) is 0. The normalized spacial score (nSPS) is 14.5. The highest BCUT2D eigenvalue weighted by Gasteiger charge is 2.31. The number of likely N-dealkylation sites (tertiary alicyclic amines) is 1. The molecule has 1 aliphatic rings. The van der Waals surface area contributed by atoms with Crippen LogP contribution in [0.25, 0.3) is 11.1 Å². The highest BCUT2D eigenvalue weighted by atomic mass is 19.4. The van der Waals surface area contributed by atoms with E-state index in [-0.39, 0.29) is 25.2 Å². The molecule has 178 valence electrons. The Kier molecular flexibility index (Phi) is 7.14. The third-order valence-electron chi connectivity index (χ3n) is 5.51. The minimum atomic E-state index is -4.32. The molecule has 1 aromatic heterocycles. The van der Waals surface area contributed by atoms with E-state index in [4.69, 9.17) is 9.84 Å². The Hall–Kier alpha value is -3.43. The molecule has 0 saturated carbocycles. The summed E-state index contributed by atoms with van der Waals surface area (Å²) in [5.74, 6) is 0.262. The van der Waals surface area contributed by atoms with Gasteiger partial charge in [-0.3, -0.25) is 9.69 Å². The number of nitrogens with zero attached hydrogens (tertiary/aromatic N) is 2. The van der Waals surface area contributed by atoms with E-state index < -0.39 is 11.7 Å². The van der Waals surface area contributed by atoms with Crippen LogP contribution in [0.5, 0.6) is 5.88 Å². The second-order valence-corrected chi connectivity index (χ2v) is 8.07. The first kappa shape index (κ1) is 23.7. The number of hydrogen-bond donors (Lipinski definition) is 2. The topological polar surface area (TPSA) is 74.7 Å². The van der Waals surface area contributed by atoms with E-state index in [9.17, 15) is 18.0 Å². The molecule has 4 rings (SSSR count). The summed E-state index contributed by atoms with van der Waals surface area (Å²) < 4.78 is 43.9. The van der Waals surface area contributed by atoms with Gasteiger partial charge in [0.15, 0.2) is 0 Å². The van der Waals surface area contributed by atoms with E-state index in [2.05, 4.69) is 15.2 Å². The number of nitrogens with one attached hydrogen (secondary N) is 1. The fraction of sp³-hybridized carbons (Fsp3) is 0.280. The number of carbonyl (C=O) groups excluding carboxylic acids is 1. The first-order chi connectivity index (χ1) is 16.3. The summed E-state index contributed by atoms with van der Waals surface area (Å²) in [6, 6.07) is 16.0. The lowest BCUT2D eigenvalue weighted by molar-refractivity contribution is -0.137. The predicted octanol–water partition coefficient (Wildman–Crippen LogP) is 3.75. The summed E-state index contributed by atoms with van der Waals surface area (Å²) in [6.45, 7) is 2.01. The molecule has 0 aliphatic carbocycles. The highest BCUT2D eigenvalue weighted by Crippen LogP contribution is 2.29. The number of rotatable bonds is 8. The number of aliphatic hydroxyl groups excluding tert-OH is 1. The van der Waals surface area contributed by atoms with Gasteiger partial charge in [-0.1, -0.05) is 24.3 Å². The summed E-state index contributed by atoms with van der Waals surface area (Å²) in [5.41, 5.74) is 2.48. The Morgan fingerprint density at radius 2 is 1.71 bits per heavy atom. The molecule has 0 radical (unpaired) electrons. The van der Waals surface area contributed by atoms with Crippen molar-refractivity contribution in [1.29, 1.82) is 0 Å². The van der Waals surface area contributed by atoms with Gasteiger partial charge in [-0.2, -0.15) is 13.2 Å². The number of ether oxygens (including phenoxy) is 1. The van der Waals surface area contributed by atoms with Crippen molar-refractivity contribution in [2.24, 2.45) is 0 Å². The molecule has 6 nitrogen and oxygen atoms in total. The van der Waals surface area contributed by atoms with Crippen molar-refractivity contribution >= 4 is 5.91 Å². The molecule has 3 aromatic rings. The number of carbonyl (C=O) groups is 1.